The number of nitrogens with two attached hydrogens (primary N) is 1. The number of hydrogen-bond acceptors (Lipinski definition) is 7. The van der Waals surface area contributed by atoms with Gasteiger partial charge in [0, 0.05) is 18.4 Å². The molecule has 2 aromatic rings. The normalized spacial score (nSPS) is 20.2. The molecular weight excluding hydrogens is 408 g/mol. The van der Waals surface area contributed by atoms with Gasteiger partial charge in [-0.1, -0.05) is 30.3 Å². The summed E-state index contributed by atoms with van der Waals surface area (Å²) in [4.78, 5) is 13.4. The van der Waals surface area contributed by atoms with Gasteiger partial charge >= 0.3 is 0 Å². The molecule has 7 heteroatoms. The van der Waals surface area contributed by atoms with Crippen LogP contribution in [0.4, 0.5) is 0 Å². The van der Waals surface area contributed by atoms with Crippen molar-refractivity contribution >= 4 is 5.78 Å². The zero-order valence-corrected chi connectivity index (χ0v) is 18.2. The van der Waals surface area contributed by atoms with E-state index >= 15 is 0 Å². The van der Waals surface area contributed by atoms with Crippen LogP contribution in [0.1, 0.15) is 35.8 Å². The molecule has 0 saturated carbocycles. The molecule has 4 rings (SSSR count). The molecule has 0 amide bonds. The van der Waals surface area contributed by atoms with Crippen molar-refractivity contribution in [2.75, 3.05) is 21.3 Å². The number of ether oxygens (including phenoxy) is 4. The second-order valence-electron chi connectivity index (χ2n) is 7.66. The quantitative estimate of drug-likeness (QED) is 0.764. The van der Waals surface area contributed by atoms with Gasteiger partial charge in [-0.3, -0.25) is 4.79 Å². The SMILES string of the molecule is COc1cc([C@@H]2C(C#N)=C(N)OC3=C2C(=O)C[C@@H](c2ccccc2)C3)cc(OC)c1OC. The Morgan fingerprint density at radius 3 is 2.22 bits per heavy atom. The first-order valence-corrected chi connectivity index (χ1v) is 10.2. The van der Waals surface area contributed by atoms with Crippen LogP contribution in [0.2, 0.25) is 0 Å². The monoisotopic (exact) mass is 432 g/mol. The average Bonchev–Trinajstić information content (AvgIpc) is 2.82. The Hall–Kier alpha value is -3.92. The zero-order valence-electron chi connectivity index (χ0n) is 18.2. The van der Waals surface area contributed by atoms with Crippen LogP contribution in [0.15, 0.2) is 65.3 Å². The Kier molecular flexibility index (Phi) is 5.78. The highest BCUT2D eigenvalue weighted by Gasteiger charge is 2.41. The topological polar surface area (TPSA) is 104 Å². The number of carbonyl (C=O) groups excluding carboxylic acids is 1. The van der Waals surface area contributed by atoms with Crippen molar-refractivity contribution in [1.29, 1.82) is 5.26 Å². The van der Waals surface area contributed by atoms with E-state index in [0.717, 1.165) is 5.56 Å². The third-order valence-corrected chi connectivity index (χ3v) is 5.95. The summed E-state index contributed by atoms with van der Waals surface area (Å²) < 4.78 is 22.2. The maximum absolute atomic E-state index is 13.4. The summed E-state index contributed by atoms with van der Waals surface area (Å²) in [5.74, 6) is 1.03. The van der Waals surface area contributed by atoms with Gasteiger partial charge in [-0.05, 0) is 29.2 Å². The summed E-state index contributed by atoms with van der Waals surface area (Å²) >= 11 is 0. The fourth-order valence-corrected chi connectivity index (χ4v) is 4.47. The Bertz CT molecular complexity index is 1140. The molecular formula is C25H24N2O5. The summed E-state index contributed by atoms with van der Waals surface area (Å²) in [7, 11) is 4.55. The minimum atomic E-state index is -0.679. The lowest BCUT2D eigenvalue weighted by atomic mass is 9.73. The van der Waals surface area contributed by atoms with Crippen molar-refractivity contribution in [3.05, 3.63) is 76.4 Å². The second kappa shape index (κ2) is 8.67. The van der Waals surface area contributed by atoms with E-state index in [-0.39, 0.29) is 23.2 Å². The lowest BCUT2D eigenvalue weighted by Gasteiger charge is -2.34. The highest BCUT2D eigenvalue weighted by molar-refractivity contribution is 6.00. The Morgan fingerprint density at radius 1 is 1.00 bits per heavy atom. The number of carbonyl (C=O) groups is 1. The fourth-order valence-electron chi connectivity index (χ4n) is 4.47. The highest BCUT2D eigenvalue weighted by Crippen LogP contribution is 2.49. The smallest absolute Gasteiger partial charge is 0.205 e. The van der Waals surface area contributed by atoms with Gasteiger partial charge in [0.05, 0.1) is 27.2 Å². The van der Waals surface area contributed by atoms with Crippen molar-refractivity contribution in [1.82, 2.24) is 0 Å². The van der Waals surface area contributed by atoms with Crippen LogP contribution in [0, 0.1) is 11.3 Å². The van der Waals surface area contributed by atoms with Crippen molar-refractivity contribution in [3.8, 4) is 23.3 Å². The molecule has 7 nitrogen and oxygen atoms in total. The van der Waals surface area contributed by atoms with Gasteiger partial charge in [0.25, 0.3) is 0 Å². The van der Waals surface area contributed by atoms with E-state index in [1.807, 2.05) is 30.3 Å². The average molecular weight is 432 g/mol. The number of nitriles is 1. The van der Waals surface area contributed by atoms with Gasteiger partial charge in [-0.15, -0.1) is 0 Å². The third kappa shape index (κ3) is 3.54. The molecule has 1 aliphatic heterocycles. The number of allylic oxidation sites excluding steroid dienone is 3. The minimum absolute atomic E-state index is 0.00603. The van der Waals surface area contributed by atoms with E-state index < -0.39 is 5.92 Å². The first kappa shape index (κ1) is 21.3. The molecule has 0 aromatic heterocycles. The number of nitrogens with zero attached hydrogens (tertiary/aromatic N) is 1. The Morgan fingerprint density at radius 2 is 1.66 bits per heavy atom. The van der Waals surface area contributed by atoms with Crippen molar-refractivity contribution < 1.29 is 23.7 Å². The van der Waals surface area contributed by atoms with Crippen LogP contribution >= 0.6 is 0 Å². The van der Waals surface area contributed by atoms with Crippen LogP contribution in [0.5, 0.6) is 17.2 Å². The number of ketones is 1. The molecule has 0 fully saturated rings. The summed E-state index contributed by atoms with van der Waals surface area (Å²) in [5, 5.41) is 9.86. The molecule has 0 unspecified atom stereocenters. The van der Waals surface area contributed by atoms with Crippen molar-refractivity contribution in [3.63, 3.8) is 0 Å². The summed E-state index contributed by atoms with van der Waals surface area (Å²) in [5.41, 5.74) is 8.50. The molecule has 2 aromatic carbocycles. The number of rotatable bonds is 5. The van der Waals surface area contributed by atoms with Gasteiger partial charge in [-0.2, -0.15) is 5.26 Å². The maximum atomic E-state index is 13.4. The fraction of sp³-hybridized carbons (Fsp3) is 0.280. The van der Waals surface area contributed by atoms with Crippen LogP contribution in [0.3, 0.4) is 0 Å². The molecule has 2 N–H and O–H groups in total. The molecule has 164 valence electrons. The predicted octanol–water partition coefficient (Wildman–Crippen LogP) is 3.92. The first-order valence-electron chi connectivity index (χ1n) is 10.2. The summed E-state index contributed by atoms with van der Waals surface area (Å²) in [6.07, 6.45) is 0.844. The molecule has 1 aliphatic carbocycles. The molecule has 0 saturated heterocycles. The molecule has 2 aliphatic rings. The van der Waals surface area contributed by atoms with E-state index in [9.17, 15) is 10.1 Å². The zero-order chi connectivity index (χ0) is 22.8. The Labute approximate surface area is 186 Å². The lowest BCUT2D eigenvalue weighted by molar-refractivity contribution is -0.117. The van der Waals surface area contributed by atoms with E-state index in [1.54, 1.807) is 12.1 Å². The largest absolute Gasteiger partial charge is 0.493 e. The molecule has 32 heavy (non-hydrogen) atoms. The van der Waals surface area contributed by atoms with Gasteiger partial charge in [-0.25, -0.2) is 0 Å². The van der Waals surface area contributed by atoms with Crippen LogP contribution < -0.4 is 19.9 Å². The number of benzene rings is 2. The van der Waals surface area contributed by atoms with E-state index in [0.29, 0.717) is 47.0 Å². The van der Waals surface area contributed by atoms with E-state index in [4.69, 9.17) is 24.7 Å². The Balaban J connectivity index is 1.85. The van der Waals surface area contributed by atoms with E-state index in [1.165, 1.54) is 21.3 Å². The second-order valence-corrected chi connectivity index (χ2v) is 7.66. The number of hydrogen-bond donors (Lipinski definition) is 1. The summed E-state index contributed by atoms with van der Waals surface area (Å²) in [6, 6.07) is 15.5. The van der Waals surface area contributed by atoms with Crippen LogP contribution in [-0.4, -0.2) is 27.1 Å². The van der Waals surface area contributed by atoms with Crippen molar-refractivity contribution in [2.45, 2.75) is 24.7 Å². The molecule has 0 spiro atoms. The first-order chi connectivity index (χ1) is 15.5. The molecule has 0 radical (unpaired) electrons. The van der Waals surface area contributed by atoms with E-state index in [2.05, 4.69) is 6.07 Å². The molecule has 2 atom stereocenters. The van der Waals surface area contributed by atoms with Gasteiger partial charge in [0.2, 0.25) is 11.6 Å². The third-order valence-electron chi connectivity index (χ3n) is 5.95. The molecule has 0 bridgehead atoms. The predicted molar refractivity (Wildman–Crippen MR) is 117 cm³/mol. The van der Waals surface area contributed by atoms with Gasteiger partial charge in [0.15, 0.2) is 17.3 Å². The lowest BCUT2D eigenvalue weighted by Crippen LogP contribution is -2.30. The minimum Gasteiger partial charge on any atom is -0.493 e. The van der Waals surface area contributed by atoms with Crippen LogP contribution in [0.25, 0.3) is 0 Å². The number of Topliss-reactive ketones (excluding diaryl/α,β-unsaturated/α-hetero) is 1. The standard InChI is InChI=1S/C25H24N2O5/c1-29-20-11-16(12-21(30-2)24(20)31-3)22-17(13-26)25(27)32-19-10-15(9-18(28)23(19)22)14-7-5-4-6-8-14/h4-8,11-12,15,22H,9-10,27H2,1-3H3/t15-,22-/m1/s1. The summed E-state index contributed by atoms with van der Waals surface area (Å²) in [6.45, 7) is 0. The van der Waals surface area contributed by atoms with Crippen molar-refractivity contribution in [2.24, 2.45) is 5.73 Å². The van der Waals surface area contributed by atoms with Crippen LogP contribution in [-0.2, 0) is 9.53 Å². The maximum Gasteiger partial charge on any atom is 0.205 e. The number of methoxy groups -OCH3 is 3. The molecule has 1 heterocycles. The van der Waals surface area contributed by atoms with Gasteiger partial charge < -0.3 is 24.7 Å². The highest BCUT2D eigenvalue weighted by atomic mass is 16.5. The van der Waals surface area contributed by atoms with Gasteiger partial charge in [0.1, 0.15) is 17.4 Å².